The second kappa shape index (κ2) is 13.2. The van der Waals surface area contributed by atoms with Gasteiger partial charge in [-0.1, -0.05) is 43.2 Å². The summed E-state index contributed by atoms with van der Waals surface area (Å²) in [6.45, 7) is 0.424. The van der Waals surface area contributed by atoms with Crippen LogP contribution in [0.4, 0.5) is 0 Å². The van der Waals surface area contributed by atoms with Crippen molar-refractivity contribution in [2.24, 2.45) is 0 Å². The predicted octanol–water partition coefficient (Wildman–Crippen LogP) is 6.39. The minimum absolute atomic E-state index is 0.0145. The Morgan fingerprint density at radius 2 is 1.26 bits per heavy atom. The smallest absolute Gasteiger partial charge is 0.163 e. The molecular weight excluding hydrogens is 444 g/mol. The number of phenols is 1. The Bertz CT molecular complexity index is 1120. The van der Waals surface area contributed by atoms with Crippen molar-refractivity contribution in [1.82, 2.24) is 0 Å². The molecule has 0 unspecified atom stereocenters. The molecule has 0 heterocycles. The van der Waals surface area contributed by atoms with Crippen molar-refractivity contribution in [1.29, 1.82) is 0 Å². The molecule has 1 N–H and O–H groups in total. The van der Waals surface area contributed by atoms with E-state index in [0.717, 1.165) is 31.2 Å². The molecule has 35 heavy (non-hydrogen) atoms. The molecule has 184 valence electrons. The number of rotatable bonds is 14. The fraction of sp³-hybridized carbons (Fsp3) is 0.310. The van der Waals surface area contributed by atoms with Gasteiger partial charge in [-0.15, -0.1) is 0 Å². The van der Waals surface area contributed by atoms with E-state index in [1.807, 2.05) is 30.3 Å². The van der Waals surface area contributed by atoms with Crippen LogP contribution in [0.2, 0.25) is 0 Å². The maximum absolute atomic E-state index is 12.6. The monoisotopic (exact) mass is 476 g/mol. The fourth-order valence-electron chi connectivity index (χ4n) is 3.76. The number of unbranched alkanes of at least 4 members (excludes halogenated alkanes) is 3. The van der Waals surface area contributed by atoms with E-state index < -0.39 is 0 Å². The molecule has 0 saturated carbocycles. The van der Waals surface area contributed by atoms with Gasteiger partial charge in [-0.25, -0.2) is 0 Å². The van der Waals surface area contributed by atoms with Crippen molar-refractivity contribution in [3.8, 4) is 23.0 Å². The van der Waals surface area contributed by atoms with Crippen molar-refractivity contribution in [3.05, 3.63) is 83.4 Å². The second-order valence-electron chi connectivity index (χ2n) is 8.29. The third-order valence-corrected chi connectivity index (χ3v) is 5.78. The Morgan fingerprint density at radius 1 is 0.686 bits per heavy atom. The third kappa shape index (κ3) is 7.60. The molecule has 0 radical (unpaired) electrons. The van der Waals surface area contributed by atoms with Crippen molar-refractivity contribution < 1.29 is 28.9 Å². The summed E-state index contributed by atoms with van der Waals surface area (Å²) in [7, 11) is 3.02. The molecule has 0 aliphatic rings. The van der Waals surface area contributed by atoms with Crippen LogP contribution in [0, 0.1) is 0 Å². The second-order valence-corrected chi connectivity index (χ2v) is 8.29. The summed E-state index contributed by atoms with van der Waals surface area (Å²) in [4.78, 5) is 25.0. The normalized spacial score (nSPS) is 10.6. The van der Waals surface area contributed by atoms with Crippen molar-refractivity contribution in [2.75, 3.05) is 14.2 Å². The third-order valence-electron chi connectivity index (χ3n) is 5.78. The summed E-state index contributed by atoms with van der Waals surface area (Å²) in [5.74, 6) is 1.52. The number of Topliss-reactive ketones (excluding diaryl/α,β-unsaturated/α-hetero) is 2. The van der Waals surface area contributed by atoms with Crippen LogP contribution in [0.25, 0.3) is 0 Å². The van der Waals surface area contributed by atoms with Crippen LogP contribution in [0.15, 0.2) is 66.7 Å². The van der Waals surface area contributed by atoms with Crippen molar-refractivity contribution in [2.45, 2.75) is 45.1 Å². The van der Waals surface area contributed by atoms with E-state index in [9.17, 15) is 14.7 Å². The molecule has 0 aromatic heterocycles. The molecule has 0 aliphatic carbocycles. The van der Waals surface area contributed by atoms with Gasteiger partial charge >= 0.3 is 0 Å². The van der Waals surface area contributed by atoms with E-state index in [1.54, 1.807) is 37.4 Å². The molecule has 6 nitrogen and oxygen atoms in total. The zero-order valence-electron chi connectivity index (χ0n) is 20.3. The van der Waals surface area contributed by atoms with Gasteiger partial charge < -0.3 is 19.3 Å². The van der Waals surface area contributed by atoms with Crippen LogP contribution in [0.5, 0.6) is 23.0 Å². The molecule has 0 amide bonds. The lowest BCUT2D eigenvalue weighted by Crippen LogP contribution is -2.02. The number of benzene rings is 3. The predicted molar refractivity (Wildman–Crippen MR) is 135 cm³/mol. The van der Waals surface area contributed by atoms with E-state index in [4.69, 9.17) is 14.2 Å². The number of ketones is 2. The minimum atomic E-state index is 0.0145. The molecular formula is C29H32O6. The molecule has 0 atom stereocenters. The fourth-order valence-corrected chi connectivity index (χ4v) is 3.76. The molecule has 3 aromatic carbocycles. The first-order chi connectivity index (χ1) is 17.0. The number of carbonyl (C=O) groups excluding carboxylic acids is 2. The van der Waals surface area contributed by atoms with Crippen LogP contribution in [0.1, 0.15) is 64.8 Å². The highest BCUT2D eigenvalue weighted by Gasteiger charge is 2.12. The van der Waals surface area contributed by atoms with Gasteiger partial charge in [0.1, 0.15) is 6.61 Å². The highest BCUT2D eigenvalue weighted by molar-refractivity contribution is 5.97. The Labute approximate surface area is 206 Å². The zero-order valence-corrected chi connectivity index (χ0v) is 20.3. The summed E-state index contributed by atoms with van der Waals surface area (Å²) >= 11 is 0. The minimum Gasteiger partial charge on any atom is -0.504 e. The van der Waals surface area contributed by atoms with Gasteiger partial charge in [-0.3, -0.25) is 9.59 Å². The van der Waals surface area contributed by atoms with E-state index in [2.05, 4.69) is 0 Å². The van der Waals surface area contributed by atoms with Crippen LogP contribution in [-0.2, 0) is 6.61 Å². The summed E-state index contributed by atoms with van der Waals surface area (Å²) in [5, 5.41) is 9.65. The highest BCUT2D eigenvalue weighted by atomic mass is 16.5. The Balaban J connectivity index is 1.40. The number of carbonyl (C=O) groups is 2. The van der Waals surface area contributed by atoms with Crippen LogP contribution < -0.4 is 14.2 Å². The van der Waals surface area contributed by atoms with E-state index in [0.29, 0.717) is 47.8 Å². The highest BCUT2D eigenvalue weighted by Crippen LogP contribution is 2.30. The van der Waals surface area contributed by atoms with Gasteiger partial charge in [0.15, 0.2) is 34.6 Å². The topological polar surface area (TPSA) is 82.1 Å². The van der Waals surface area contributed by atoms with Crippen molar-refractivity contribution >= 4 is 11.6 Å². The van der Waals surface area contributed by atoms with Crippen LogP contribution in [-0.4, -0.2) is 30.9 Å². The zero-order chi connectivity index (χ0) is 25.0. The number of phenolic OH excluding ortho intramolecular Hbond substituents is 1. The molecule has 0 bridgehead atoms. The summed E-state index contributed by atoms with van der Waals surface area (Å²) in [5.41, 5.74) is 2.18. The van der Waals surface area contributed by atoms with Crippen LogP contribution >= 0.6 is 0 Å². The molecule has 0 aliphatic heterocycles. The van der Waals surface area contributed by atoms with E-state index >= 15 is 0 Å². The molecule has 0 saturated heterocycles. The Hall–Kier alpha value is -3.80. The number of ether oxygens (including phenoxy) is 3. The summed E-state index contributed by atoms with van der Waals surface area (Å²) in [6, 6.07) is 19.8. The van der Waals surface area contributed by atoms with Gasteiger partial charge in [0.2, 0.25) is 0 Å². The van der Waals surface area contributed by atoms with Gasteiger partial charge in [0.05, 0.1) is 14.2 Å². The van der Waals surface area contributed by atoms with E-state index in [-0.39, 0.29) is 17.3 Å². The number of methoxy groups -OCH3 is 2. The lowest BCUT2D eigenvalue weighted by atomic mass is 10.0. The van der Waals surface area contributed by atoms with Crippen LogP contribution in [0.3, 0.4) is 0 Å². The van der Waals surface area contributed by atoms with E-state index in [1.165, 1.54) is 13.2 Å². The van der Waals surface area contributed by atoms with Gasteiger partial charge in [-0.05, 0) is 54.8 Å². The lowest BCUT2D eigenvalue weighted by Gasteiger charge is -2.12. The van der Waals surface area contributed by atoms with Crippen molar-refractivity contribution in [3.63, 3.8) is 0 Å². The first-order valence-corrected chi connectivity index (χ1v) is 11.8. The quantitative estimate of drug-likeness (QED) is 0.214. The SMILES string of the molecule is COc1cc(C(=O)CCCCCCC(=O)c2ccc(OCc3ccccc3)c(OC)c2)ccc1O. The number of hydrogen-bond acceptors (Lipinski definition) is 6. The van der Waals surface area contributed by atoms with Gasteiger partial charge in [0, 0.05) is 24.0 Å². The first kappa shape index (κ1) is 25.8. The largest absolute Gasteiger partial charge is 0.504 e. The molecule has 3 aromatic rings. The van der Waals surface area contributed by atoms with Gasteiger partial charge in [-0.2, -0.15) is 0 Å². The summed E-state index contributed by atoms with van der Waals surface area (Å²) < 4.78 is 16.3. The molecule has 6 heteroatoms. The Kier molecular flexibility index (Phi) is 9.72. The molecule has 0 spiro atoms. The molecule has 0 fully saturated rings. The average molecular weight is 477 g/mol. The average Bonchev–Trinajstić information content (AvgIpc) is 2.89. The first-order valence-electron chi connectivity index (χ1n) is 11.8. The Morgan fingerprint density at radius 3 is 1.86 bits per heavy atom. The maximum Gasteiger partial charge on any atom is 0.163 e. The maximum atomic E-state index is 12.6. The molecule has 3 rings (SSSR count). The number of hydrogen-bond donors (Lipinski definition) is 1. The summed E-state index contributed by atoms with van der Waals surface area (Å²) in [6.07, 6.45) is 4.10. The standard InChI is InChI=1S/C29H32O6/c1-33-28-18-22(14-16-26(28)32)24(30)12-8-3-4-9-13-25(31)23-15-17-27(29(19-23)34-2)35-20-21-10-6-5-7-11-21/h5-7,10-11,14-19,32H,3-4,8-9,12-13,20H2,1-2H3. The van der Waals surface area contributed by atoms with Gasteiger partial charge in [0.25, 0.3) is 0 Å². The number of aromatic hydroxyl groups is 1. The lowest BCUT2D eigenvalue weighted by molar-refractivity contribution is 0.0966.